The third kappa shape index (κ3) is 37.4. The Kier molecular flexibility index (Phi) is 37.2. The molecule has 50 heavy (non-hydrogen) atoms. The number of ether oxygens (including phenoxy) is 2. The molecule has 0 aliphatic rings. The van der Waals surface area contributed by atoms with Gasteiger partial charge in [-0.1, -0.05) is 155 Å². The van der Waals surface area contributed by atoms with Gasteiger partial charge >= 0.3 is 11.9 Å². The number of hydrogen-bond acceptors (Lipinski definition) is 5. The first-order chi connectivity index (χ1) is 24.6. The zero-order valence-corrected chi connectivity index (χ0v) is 31.6. The summed E-state index contributed by atoms with van der Waals surface area (Å²) in [5, 5.41) is 9.46. The van der Waals surface area contributed by atoms with E-state index in [0.717, 1.165) is 109 Å². The monoisotopic (exact) mass is 691 g/mol. The third-order valence-corrected chi connectivity index (χ3v) is 7.58. The van der Waals surface area contributed by atoms with E-state index in [-0.39, 0.29) is 25.2 Å². The van der Waals surface area contributed by atoms with Gasteiger partial charge in [0.25, 0.3) is 0 Å². The van der Waals surface area contributed by atoms with E-state index in [9.17, 15) is 14.7 Å². The molecule has 0 radical (unpaired) electrons. The Labute approximate surface area is 306 Å². The second-order valence-corrected chi connectivity index (χ2v) is 12.3. The Morgan fingerprint density at radius 2 is 0.860 bits per heavy atom. The molecule has 1 unspecified atom stereocenters. The van der Waals surface area contributed by atoms with E-state index in [2.05, 4.69) is 123 Å². The van der Waals surface area contributed by atoms with Crippen molar-refractivity contribution in [2.24, 2.45) is 0 Å². The lowest BCUT2D eigenvalue weighted by atomic mass is 10.1. The van der Waals surface area contributed by atoms with E-state index < -0.39 is 6.10 Å². The van der Waals surface area contributed by atoms with E-state index in [1.54, 1.807) is 0 Å². The van der Waals surface area contributed by atoms with Gasteiger partial charge in [-0.3, -0.25) is 9.59 Å². The number of aliphatic hydroxyl groups excluding tert-OH is 1. The van der Waals surface area contributed by atoms with Gasteiger partial charge in [0.2, 0.25) is 0 Å². The lowest BCUT2D eigenvalue weighted by molar-refractivity contribution is -0.161. The maximum atomic E-state index is 12.1. The molecule has 0 saturated heterocycles. The average Bonchev–Trinajstić information content (AvgIpc) is 3.12. The van der Waals surface area contributed by atoms with Crippen LogP contribution in [-0.4, -0.2) is 36.4 Å². The summed E-state index contributed by atoms with van der Waals surface area (Å²) in [4.78, 5) is 23.9. The van der Waals surface area contributed by atoms with Crippen molar-refractivity contribution in [2.75, 3.05) is 13.2 Å². The highest BCUT2D eigenvalue weighted by atomic mass is 16.6. The number of aliphatic hydroxyl groups is 1. The van der Waals surface area contributed by atoms with Gasteiger partial charge in [0.05, 0.1) is 6.61 Å². The number of carbonyl (C=O) groups excluding carboxylic acids is 2. The number of carbonyl (C=O) groups is 2. The molecule has 280 valence electrons. The van der Waals surface area contributed by atoms with Crippen molar-refractivity contribution in [1.29, 1.82) is 0 Å². The van der Waals surface area contributed by atoms with E-state index >= 15 is 0 Å². The predicted octanol–water partition coefficient (Wildman–Crippen LogP) is 12.3. The Balaban J connectivity index is 3.70. The zero-order valence-electron chi connectivity index (χ0n) is 31.6. The van der Waals surface area contributed by atoms with Crippen molar-refractivity contribution in [2.45, 2.75) is 148 Å². The van der Waals surface area contributed by atoms with Crippen LogP contribution >= 0.6 is 0 Å². The maximum Gasteiger partial charge on any atom is 0.306 e. The summed E-state index contributed by atoms with van der Waals surface area (Å²) in [5.74, 6) is -0.657. The van der Waals surface area contributed by atoms with Crippen LogP contribution in [0, 0.1) is 0 Å². The molecular formula is C45H70O5. The van der Waals surface area contributed by atoms with Crippen molar-refractivity contribution in [3.63, 3.8) is 0 Å². The van der Waals surface area contributed by atoms with Crippen molar-refractivity contribution in [1.82, 2.24) is 0 Å². The first-order valence-corrected chi connectivity index (χ1v) is 19.4. The lowest BCUT2D eigenvalue weighted by Gasteiger charge is -2.15. The second kappa shape index (κ2) is 40.0. The standard InChI is InChI=1S/C45H70O5/c1-3-5-7-9-10-11-12-13-14-15-16-17-18-19-20-21-22-23-24-25-26-27-28-29-30-31-32-33-34-36-38-40-45(48)50-43(41-46)42-49-44(47)39-37-35-8-6-4-2/h5,7,10-11,13-14,16-17,19-20,22-23,25-26,28-29,31-32,43,46H,3-4,6,8-9,12,15,18,21,24,27,30,33-42H2,1-2H3/b7-5-,11-10-,14-13-,17-16-,20-19-,23-22-,26-25-,29-28-,32-31-. The molecule has 0 aromatic rings. The number of rotatable bonds is 33. The van der Waals surface area contributed by atoms with E-state index in [4.69, 9.17) is 9.47 Å². The second-order valence-electron chi connectivity index (χ2n) is 12.3. The minimum atomic E-state index is -0.791. The van der Waals surface area contributed by atoms with Gasteiger partial charge in [-0.2, -0.15) is 0 Å². The Hall–Kier alpha value is -3.44. The molecule has 0 aliphatic carbocycles. The third-order valence-electron chi connectivity index (χ3n) is 7.58. The summed E-state index contributed by atoms with van der Waals surface area (Å²) in [6.45, 7) is 3.87. The van der Waals surface area contributed by atoms with Crippen molar-refractivity contribution < 1.29 is 24.2 Å². The van der Waals surface area contributed by atoms with Crippen LogP contribution in [0.3, 0.4) is 0 Å². The van der Waals surface area contributed by atoms with Crippen LogP contribution < -0.4 is 0 Å². The van der Waals surface area contributed by atoms with Crippen LogP contribution in [0.2, 0.25) is 0 Å². The SMILES string of the molecule is CC/C=C\C/C=C\C/C=C\C/C=C\C/C=C\C/C=C\C/C=C\C/C=C\C/C=C\CCCCCC(=O)OC(CO)COC(=O)CCCCCCC. The molecule has 0 aromatic carbocycles. The van der Waals surface area contributed by atoms with Crippen molar-refractivity contribution in [3.8, 4) is 0 Å². The van der Waals surface area contributed by atoms with Gasteiger partial charge in [0.15, 0.2) is 6.10 Å². The molecule has 0 amide bonds. The summed E-state index contributed by atoms with van der Waals surface area (Å²) in [5.41, 5.74) is 0. The molecular weight excluding hydrogens is 620 g/mol. The number of unbranched alkanes of at least 4 members (excludes halogenated alkanes) is 7. The highest BCUT2D eigenvalue weighted by Crippen LogP contribution is 2.09. The van der Waals surface area contributed by atoms with Gasteiger partial charge in [0.1, 0.15) is 6.61 Å². The summed E-state index contributed by atoms with van der Waals surface area (Å²) < 4.78 is 10.4. The van der Waals surface area contributed by atoms with Crippen LogP contribution in [0.15, 0.2) is 109 Å². The fourth-order valence-corrected chi connectivity index (χ4v) is 4.66. The fraction of sp³-hybridized carbons (Fsp3) is 0.556. The molecule has 0 fully saturated rings. The first kappa shape index (κ1) is 46.6. The first-order valence-electron chi connectivity index (χ1n) is 19.4. The molecule has 5 nitrogen and oxygen atoms in total. The maximum absolute atomic E-state index is 12.1. The molecule has 0 rings (SSSR count). The smallest absolute Gasteiger partial charge is 0.306 e. The molecule has 0 saturated carbocycles. The number of hydrogen-bond donors (Lipinski definition) is 1. The predicted molar refractivity (Wildman–Crippen MR) is 214 cm³/mol. The normalized spacial score (nSPS) is 13.4. The number of allylic oxidation sites excluding steroid dienone is 18. The van der Waals surface area contributed by atoms with Crippen molar-refractivity contribution >= 4 is 11.9 Å². The Morgan fingerprint density at radius 1 is 0.480 bits per heavy atom. The van der Waals surface area contributed by atoms with Gasteiger partial charge in [-0.15, -0.1) is 0 Å². The van der Waals surface area contributed by atoms with E-state index in [0.29, 0.717) is 12.8 Å². The molecule has 0 bridgehead atoms. The summed E-state index contributed by atoms with van der Waals surface area (Å²) >= 11 is 0. The van der Waals surface area contributed by atoms with Crippen molar-refractivity contribution in [3.05, 3.63) is 109 Å². The highest BCUT2D eigenvalue weighted by molar-refractivity contribution is 5.70. The van der Waals surface area contributed by atoms with Crippen LogP contribution in [0.4, 0.5) is 0 Å². The zero-order chi connectivity index (χ0) is 36.4. The average molecular weight is 691 g/mol. The summed E-state index contributed by atoms with van der Waals surface area (Å²) in [7, 11) is 0. The molecule has 1 atom stereocenters. The van der Waals surface area contributed by atoms with Gasteiger partial charge in [-0.05, 0) is 83.5 Å². The fourth-order valence-electron chi connectivity index (χ4n) is 4.66. The van der Waals surface area contributed by atoms with E-state index in [1.165, 1.54) is 6.42 Å². The molecule has 1 N–H and O–H groups in total. The van der Waals surface area contributed by atoms with E-state index in [1.807, 2.05) is 0 Å². The van der Waals surface area contributed by atoms with Gasteiger partial charge in [-0.25, -0.2) is 0 Å². The molecule has 0 spiro atoms. The Morgan fingerprint density at radius 3 is 1.28 bits per heavy atom. The molecule has 0 aromatic heterocycles. The van der Waals surface area contributed by atoms with Gasteiger partial charge in [0, 0.05) is 12.8 Å². The quantitative estimate of drug-likeness (QED) is 0.0421. The molecule has 5 heteroatoms. The lowest BCUT2D eigenvalue weighted by Crippen LogP contribution is -2.28. The Bertz CT molecular complexity index is 1050. The van der Waals surface area contributed by atoms with Crippen LogP contribution in [0.25, 0.3) is 0 Å². The summed E-state index contributed by atoms with van der Waals surface area (Å²) in [6.07, 6.45) is 57.6. The minimum absolute atomic E-state index is 0.0874. The van der Waals surface area contributed by atoms with Crippen LogP contribution in [0.5, 0.6) is 0 Å². The number of esters is 2. The van der Waals surface area contributed by atoms with Crippen LogP contribution in [-0.2, 0) is 19.1 Å². The highest BCUT2D eigenvalue weighted by Gasteiger charge is 2.16. The van der Waals surface area contributed by atoms with Crippen LogP contribution in [0.1, 0.15) is 142 Å². The summed E-state index contributed by atoms with van der Waals surface area (Å²) in [6, 6.07) is 0. The molecule has 0 aliphatic heterocycles. The van der Waals surface area contributed by atoms with Gasteiger partial charge < -0.3 is 14.6 Å². The largest absolute Gasteiger partial charge is 0.462 e. The molecule has 0 heterocycles. The minimum Gasteiger partial charge on any atom is -0.462 e. The topological polar surface area (TPSA) is 72.8 Å².